The van der Waals surface area contributed by atoms with Crippen molar-refractivity contribution in [2.24, 2.45) is 10.9 Å². The van der Waals surface area contributed by atoms with Gasteiger partial charge in [-0.2, -0.15) is 0 Å². The highest BCUT2D eigenvalue weighted by molar-refractivity contribution is 7.09. The molecule has 0 aliphatic carbocycles. The molecule has 0 aliphatic heterocycles. The molecule has 0 aliphatic rings. The van der Waals surface area contributed by atoms with E-state index in [0.29, 0.717) is 24.8 Å². The van der Waals surface area contributed by atoms with Crippen LogP contribution >= 0.6 is 11.3 Å². The summed E-state index contributed by atoms with van der Waals surface area (Å²) < 4.78 is 5.43. The summed E-state index contributed by atoms with van der Waals surface area (Å²) in [5.74, 6) is 1.99. The molecule has 0 radical (unpaired) electrons. The number of thiophene rings is 1. The van der Waals surface area contributed by atoms with Crippen molar-refractivity contribution in [2.45, 2.75) is 33.7 Å². The van der Waals surface area contributed by atoms with E-state index in [9.17, 15) is 5.11 Å². The molecule has 0 amide bonds. The van der Waals surface area contributed by atoms with E-state index >= 15 is 0 Å². The second kappa shape index (κ2) is 10.7. The molecular weight excluding hydrogens is 346 g/mol. The van der Waals surface area contributed by atoms with Crippen molar-refractivity contribution in [3.8, 4) is 11.5 Å². The van der Waals surface area contributed by atoms with Crippen LogP contribution in [0.3, 0.4) is 0 Å². The van der Waals surface area contributed by atoms with Gasteiger partial charge in [-0.3, -0.25) is 0 Å². The van der Waals surface area contributed by atoms with Crippen LogP contribution in [0.15, 0.2) is 40.7 Å². The minimum Gasteiger partial charge on any atom is -0.504 e. The fraction of sp³-hybridized carbons (Fsp3) is 0.450. The Morgan fingerprint density at radius 1 is 1.27 bits per heavy atom. The number of ether oxygens (including phenoxy) is 1. The van der Waals surface area contributed by atoms with E-state index in [2.05, 4.69) is 47.0 Å². The third-order valence-electron chi connectivity index (χ3n) is 3.84. The molecule has 0 bridgehead atoms. The number of nitrogens with zero attached hydrogens (tertiary/aromatic N) is 1. The zero-order chi connectivity index (χ0) is 18.8. The molecule has 1 atom stereocenters. The van der Waals surface area contributed by atoms with Crippen LogP contribution < -0.4 is 15.4 Å². The fourth-order valence-electron chi connectivity index (χ4n) is 2.56. The Balaban J connectivity index is 1.92. The van der Waals surface area contributed by atoms with Crippen LogP contribution in [0, 0.1) is 5.92 Å². The average Bonchev–Trinajstić information content (AvgIpc) is 3.13. The smallest absolute Gasteiger partial charge is 0.191 e. The maximum atomic E-state index is 9.79. The van der Waals surface area contributed by atoms with Crippen LogP contribution in [-0.4, -0.2) is 30.8 Å². The third-order valence-corrected chi connectivity index (χ3v) is 4.73. The average molecular weight is 376 g/mol. The highest BCUT2D eigenvalue weighted by Gasteiger charge is 2.07. The molecule has 0 fully saturated rings. The predicted molar refractivity (Wildman–Crippen MR) is 109 cm³/mol. The van der Waals surface area contributed by atoms with Gasteiger partial charge in [0.1, 0.15) is 0 Å². The lowest BCUT2D eigenvalue weighted by atomic mass is 10.1. The van der Waals surface area contributed by atoms with E-state index < -0.39 is 0 Å². The Labute approximate surface area is 160 Å². The van der Waals surface area contributed by atoms with Gasteiger partial charge in [0.25, 0.3) is 0 Å². The van der Waals surface area contributed by atoms with Crippen molar-refractivity contribution in [2.75, 3.05) is 19.7 Å². The maximum absolute atomic E-state index is 9.79. The van der Waals surface area contributed by atoms with Gasteiger partial charge < -0.3 is 20.5 Å². The van der Waals surface area contributed by atoms with Crippen molar-refractivity contribution < 1.29 is 9.84 Å². The number of phenols is 1. The molecule has 3 N–H and O–H groups in total. The molecule has 1 aromatic heterocycles. The zero-order valence-corrected chi connectivity index (χ0v) is 16.6. The Bertz CT molecular complexity index is 686. The number of benzene rings is 1. The number of aliphatic imine (C=N–C) groups is 1. The zero-order valence-electron chi connectivity index (χ0n) is 15.8. The molecule has 142 valence electrons. The summed E-state index contributed by atoms with van der Waals surface area (Å²) in [6, 6.07) is 9.63. The second-order valence-electron chi connectivity index (χ2n) is 6.20. The molecule has 2 aromatic rings. The normalized spacial score (nSPS) is 12.7. The number of nitrogens with one attached hydrogen (secondary N) is 2. The van der Waals surface area contributed by atoms with Gasteiger partial charge in [0.2, 0.25) is 0 Å². The van der Waals surface area contributed by atoms with Crippen molar-refractivity contribution >= 4 is 17.3 Å². The lowest BCUT2D eigenvalue weighted by Gasteiger charge is -2.15. The molecule has 0 saturated heterocycles. The van der Waals surface area contributed by atoms with Gasteiger partial charge in [-0.05, 0) is 55.3 Å². The van der Waals surface area contributed by atoms with Crippen LogP contribution in [0.5, 0.6) is 11.5 Å². The summed E-state index contributed by atoms with van der Waals surface area (Å²) in [6.07, 6.45) is 1.07. The van der Waals surface area contributed by atoms with Crippen molar-refractivity contribution in [1.82, 2.24) is 10.6 Å². The molecule has 6 heteroatoms. The van der Waals surface area contributed by atoms with Gasteiger partial charge >= 0.3 is 0 Å². The lowest BCUT2D eigenvalue weighted by Crippen LogP contribution is -2.39. The van der Waals surface area contributed by atoms with Crippen molar-refractivity contribution in [1.29, 1.82) is 0 Å². The van der Waals surface area contributed by atoms with E-state index in [1.165, 1.54) is 4.88 Å². The number of guanidine groups is 1. The largest absolute Gasteiger partial charge is 0.504 e. The summed E-state index contributed by atoms with van der Waals surface area (Å²) in [5, 5.41) is 18.6. The van der Waals surface area contributed by atoms with E-state index in [1.807, 2.05) is 19.1 Å². The minimum atomic E-state index is 0.159. The number of hydrogen-bond acceptors (Lipinski definition) is 4. The SMILES string of the molecule is CCNC(=NCc1ccc(O)c(OCC)c1)NCC(C)Cc1cccs1. The monoisotopic (exact) mass is 375 g/mol. The van der Waals surface area contributed by atoms with Gasteiger partial charge in [-0.1, -0.05) is 19.1 Å². The van der Waals surface area contributed by atoms with Crippen LogP contribution in [0.2, 0.25) is 0 Å². The minimum absolute atomic E-state index is 0.159. The number of rotatable bonds is 9. The first-order valence-electron chi connectivity index (χ1n) is 9.11. The van der Waals surface area contributed by atoms with E-state index in [-0.39, 0.29) is 5.75 Å². The first kappa shape index (κ1) is 20.1. The van der Waals surface area contributed by atoms with Crippen LogP contribution in [0.4, 0.5) is 0 Å². The second-order valence-corrected chi connectivity index (χ2v) is 7.23. The Hall–Kier alpha value is -2.21. The van der Waals surface area contributed by atoms with Crippen LogP contribution in [0.25, 0.3) is 0 Å². The molecule has 0 saturated carbocycles. The highest BCUT2D eigenvalue weighted by atomic mass is 32.1. The summed E-state index contributed by atoms with van der Waals surface area (Å²) in [6.45, 7) is 8.91. The number of hydrogen-bond donors (Lipinski definition) is 3. The quantitative estimate of drug-likeness (QED) is 0.461. The van der Waals surface area contributed by atoms with Gasteiger partial charge in [-0.15, -0.1) is 11.3 Å². The summed E-state index contributed by atoms with van der Waals surface area (Å²) in [7, 11) is 0. The van der Waals surface area contributed by atoms with Crippen molar-refractivity contribution in [3.63, 3.8) is 0 Å². The van der Waals surface area contributed by atoms with Crippen LogP contribution in [-0.2, 0) is 13.0 Å². The molecule has 0 spiro atoms. The number of phenolic OH excluding ortho intramolecular Hbond substituents is 1. The maximum Gasteiger partial charge on any atom is 0.191 e. The van der Waals surface area contributed by atoms with Crippen molar-refractivity contribution in [3.05, 3.63) is 46.2 Å². The molecule has 5 nitrogen and oxygen atoms in total. The predicted octanol–water partition coefficient (Wildman–Crippen LogP) is 3.79. The first-order chi connectivity index (χ1) is 12.6. The molecule has 1 unspecified atom stereocenters. The Kier molecular flexibility index (Phi) is 8.28. The molecule has 26 heavy (non-hydrogen) atoms. The van der Waals surface area contributed by atoms with E-state index in [1.54, 1.807) is 17.4 Å². The Morgan fingerprint density at radius 2 is 2.12 bits per heavy atom. The molecule has 1 aromatic carbocycles. The summed E-state index contributed by atoms with van der Waals surface area (Å²) >= 11 is 1.80. The molecular formula is C20H29N3O2S. The van der Waals surface area contributed by atoms with Gasteiger partial charge in [0, 0.05) is 18.0 Å². The summed E-state index contributed by atoms with van der Waals surface area (Å²) in [4.78, 5) is 6.05. The Morgan fingerprint density at radius 3 is 2.81 bits per heavy atom. The summed E-state index contributed by atoms with van der Waals surface area (Å²) in [5.41, 5.74) is 0.995. The highest BCUT2D eigenvalue weighted by Crippen LogP contribution is 2.27. The van der Waals surface area contributed by atoms with E-state index in [0.717, 1.165) is 31.0 Å². The van der Waals surface area contributed by atoms with Gasteiger partial charge in [-0.25, -0.2) is 4.99 Å². The van der Waals surface area contributed by atoms with Crippen LogP contribution in [0.1, 0.15) is 31.2 Å². The fourth-order valence-corrected chi connectivity index (χ4v) is 3.43. The molecule has 1 heterocycles. The van der Waals surface area contributed by atoms with E-state index in [4.69, 9.17) is 4.74 Å². The topological polar surface area (TPSA) is 65.9 Å². The third kappa shape index (κ3) is 6.59. The standard InChI is InChI=1S/C20H29N3O2S/c1-4-21-20(22-13-15(3)11-17-7-6-10-26-17)23-14-16-8-9-18(24)19(12-16)25-5-2/h6-10,12,15,24H,4-5,11,13-14H2,1-3H3,(H2,21,22,23). The lowest BCUT2D eigenvalue weighted by molar-refractivity contribution is 0.318. The van der Waals surface area contributed by atoms with Gasteiger partial charge in [0.15, 0.2) is 17.5 Å². The number of aromatic hydroxyl groups is 1. The molecule has 2 rings (SSSR count). The van der Waals surface area contributed by atoms with Gasteiger partial charge in [0.05, 0.1) is 13.2 Å². The first-order valence-corrected chi connectivity index (χ1v) is 9.99.